The topological polar surface area (TPSA) is 12.9 Å². The van der Waals surface area contributed by atoms with Gasteiger partial charge in [0, 0.05) is 6.20 Å². The van der Waals surface area contributed by atoms with Crippen LogP contribution < -0.4 is 0 Å². The Labute approximate surface area is 72.6 Å². The second kappa shape index (κ2) is 3.65. The molecule has 0 spiro atoms. The highest BCUT2D eigenvalue weighted by Gasteiger charge is 2.03. The molecule has 1 rings (SSSR count). The molecule has 12 heavy (non-hydrogen) atoms. The molecule has 0 fully saturated rings. The zero-order chi connectivity index (χ0) is 9.14. The third kappa shape index (κ3) is 1.81. The molecule has 0 unspecified atom stereocenters. The van der Waals surface area contributed by atoms with Gasteiger partial charge in [-0.3, -0.25) is 4.98 Å². The van der Waals surface area contributed by atoms with Gasteiger partial charge in [-0.25, -0.2) is 4.39 Å². The average Bonchev–Trinajstić information content (AvgIpc) is 2.04. The van der Waals surface area contributed by atoms with E-state index in [1.165, 1.54) is 5.56 Å². The van der Waals surface area contributed by atoms with E-state index in [1.807, 2.05) is 13.0 Å². The normalized spacial score (nSPS) is 10.8. The lowest BCUT2D eigenvalue weighted by molar-refractivity contribution is 0.473. The number of hydrogen-bond donors (Lipinski definition) is 0. The van der Waals surface area contributed by atoms with E-state index < -0.39 is 6.67 Å². The molecule has 2 heteroatoms. The molecule has 0 aliphatic carbocycles. The van der Waals surface area contributed by atoms with Crippen LogP contribution in [0.3, 0.4) is 0 Å². The number of rotatable bonds is 2. The fourth-order valence-electron chi connectivity index (χ4n) is 1.08. The number of hydrogen-bond acceptors (Lipinski definition) is 1. The molecule has 0 bridgehead atoms. The maximum atomic E-state index is 12.3. The van der Waals surface area contributed by atoms with Crippen LogP contribution in [-0.4, -0.2) is 4.98 Å². The van der Waals surface area contributed by atoms with Gasteiger partial charge in [-0.1, -0.05) is 19.9 Å². The van der Waals surface area contributed by atoms with Gasteiger partial charge in [-0.15, -0.1) is 0 Å². The largest absolute Gasteiger partial charge is 0.258 e. The van der Waals surface area contributed by atoms with Crippen LogP contribution in [0.2, 0.25) is 0 Å². The van der Waals surface area contributed by atoms with Crippen LogP contribution >= 0.6 is 0 Å². The Morgan fingerprint density at radius 1 is 1.50 bits per heavy atom. The van der Waals surface area contributed by atoms with Crippen molar-refractivity contribution in [2.75, 3.05) is 0 Å². The van der Waals surface area contributed by atoms with E-state index in [9.17, 15) is 4.39 Å². The monoisotopic (exact) mass is 167 g/mol. The van der Waals surface area contributed by atoms with E-state index in [1.54, 1.807) is 6.20 Å². The summed E-state index contributed by atoms with van der Waals surface area (Å²) < 4.78 is 12.3. The first-order chi connectivity index (χ1) is 5.65. The van der Waals surface area contributed by atoms with E-state index in [0.717, 1.165) is 5.56 Å². The van der Waals surface area contributed by atoms with Crippen LogP contribution in [0.1, 0.15) is 36.6 Å². The number of aryl methyl sites for hydroxylation is 1. The molecule has 0 aromatic carbocycles. The molecule has 0 saturated heterocycles. The van der Waals surface area contributed by atoms with E-state index in [0.29, 0.717) is 11.6 Å². The van der Waals surface area contributed by atoms with Gasteiger partial charge in [0.1, 0.15) is 6.67 Å². The van der Waals surface area contributed by atoms with Crippen LogP contribution in [0.25, 0.3) is 0 Å². The molecule has 0 aliphatic rings. The Bertz CT molecular complexity index is 269. The molecule has 0 saturated carbocycles. The lowest BCUT2D eigenvalue weighted by Gasteiger charge is -2.07. The molecular weight excluding hydrogens is 153 g/mol. The van der Waals surface area contributed by atoms with Crippen molar-refractivity contribution in [2.45, 2.75) is 33.4 Å². The molecule has 1 heterocycles. The van der Waals surface area contributed by atoms with Crippen molar-refractivity contribution < 1.29 is 4.39 Å². The van der Waals surface area contributed by atoms with Crippen molar-refractivity contribution in [3.8, 4) is 0 Å². The summed E-state index contributed by atoms with van der Waals surface area (Å²) in [4.78, 5) is 4.04. The van der Waals surface area contributed by atoms with Crippen molar-refractivity contribution in [3.05, 3.63) is 29.1 Å². The molecular formula is C10H14FN. The maximum absolute atomic E-state index is 12.3. The standard InChI is InChI=1S/C10H14FN/c1-7(2)9-4-8(3)10(5-11)12-6-9/h4,6-7H,5H2,1-3H3. The van der Waals surface area contributed by atoms with E-state index in [2.05, 4.69) is 18.8 Å². The Balaban J connectivity index is 3.02. The van der Waals surface area contributed by atoms with Crippen LogP contribution in [0, 0.1) is 6.92 Å². The Morgan fingerprint density at radius 2 is 2.17 bits per heavy atom. The van der Waals surface area contributed by atoms with Crippen molar-refractivity contribution in [2.24, 2.45) is 0 Å². The fraction of sp³-hybridized carbons (Fsp3) is 0.500. The zero-order valence-electron chi connectivity index (χ0n) is 7.76. The SMILES string of the molecule is Cc1cc(C(C)C)cnc1CF. The predicted octanol–water partition coefficient (Wildman–Crippen LogP) is 2.98. The van der Waals surface area contributed by atoms with E-state index in [-0.39, 0.29) is 0 Å². The van der Waals surface area contributed by atoms with Gasteiger partial charge < -0.3 is 0 Å². The Hall–Kier alpha value is -0.920. The number of aromatic nitrogens is 1. The Kier molecular flexibility index (Phi) is 2.79. The first-order valence-electron chi connectivity index (χ1n) is 4.16. The lowest BCUT2D eigenvalue weighted by atomic mass is 10.0. The Morgan fingerprint density at radius 3 is 2.58 bits per heavy atom. The third-order valence-electron chi connectivity index (χ3n) is 2.00. The molecule has 0 amide bonds. The van der Waals surface area contributed by atoms with Gasteiger partial charge >= 0.3 is 0 Å². The van der Waals surface area contributed by atoms with Crippen molar-refractivity contribution in [3.63, 3.8) is 0 Å². The third-order valence-corrected chi connectivity index (χ3v) is 2.00. The summed E-state index contributed by atoms with van der Waals surface area (Å²) in [5.74, 6) is 0.463. The number of alkyl halides is 1. The minimum Gasteiger partial charge on any atom is -0.258 e. The minimum atomic E-state index is -0.468. The van der Waals surface area contributed by atoms with Gasteiger partial charge in [-0.2, -0.15) is 0 Å². The fourth-order valence-corrected chi connectivity index (χ4v) is 1.08. The van der Waals surface area contributed by atoms with Crippen molar-refractivity contribution in [1.82, 2.24) is 4.98 Å². The summed E-state index contributed by atoms with van der Waals surface area (Å²) in [6, 6.07) is 2.01. The molecule has 1 nitrogen and oxygen atoms in total. The second-order valence-corrected chi connectivity index (χ2v) is 3.32. The second-order valence-electron chi connectivity index (χ2n) is 3.32. The average molecular weight is 167 g/mol. The molecule has 0 atom stereocenters. The summed E-state index contributed by atoms with van der Waals surface area (Å²) in [7, 11) is 0. The van der Waals surface area contributed by atoms with Gasteiger partial charge in [0.15, 0.2) is 0 Å². The highest BCUT2D eigenvalue weighted by molar-refractivity contribution is 5.25. The molecule has 0 radical (unpaired) electrons. The molecule has 1 aromatic rings. The molecule has 0 N–H and O–H groups in total. The smallest absolute Gasteiger partial charge is 0.132 e. The molecule has 0 aliphatic heterocycles. The minimum absolute atomic E-state index is 0.463. The number of nitrogens with zero attached hydrogens (tertiary/aromatic N) is 1. The van der Waals surface area contributed by atoms with Crippen molar-refractivity contribution in [1.29, 1.82) is 0 Å². The summed E-state index contributed by atoms with van der Waals surface area (Å²) in [6.45, 7) is 5.63. The van der Waals surface area contributed by atoms with Gasteiger partial charge in [0.05, 0.1) is 5.69 Å². The number of pyridine rings is 1. The van der Waals surface area contributed by atoms with Crippen molar-refractivity contribution >= 4 is 0 Å². The highest BCUT2D eigenvalue weighted by Crippen LogP contribution is 2.16. The van der Waals surface area contributed by atoms with Crippen LogP contribution in [0.5, 0.6) is 0 Å². The summed E-state index contributed by atoms with van der Waals surface area (Å²) in [5, 5.41) is 0. The summed E-state index contributed by atoms with van der Waals surface area (Å²) >= 11 is 0. The number of halogens is 1. The quantitative estimate of drug-likeness (QED) is 0.659. The van der Waals surface area contributed by atoms with E-state index in [4.69, 9.17) is 0 Å². The van der Waals surface area contributed by atoms with Crippen LogP contribution in [0.4, 0.5) is 4.39 Å². The maximum Gasteiger partial charge on any atom is 0.132 e. The van der Waals surface area contributed by atoms with Crippen LogP contribution in [0.15, 0.2) is 12.3 Å². The summed E-state index contributed by atoms with van der Waals surface area (Å²) in [5.41, 5.74) is 2.67. The first-order valence-corrected chi connectivity index (χ1v) is 4.16. The van der Waals surface area contributed by atoms with Gasteiger partial charge in [-0.05, 0) is 24.0 Å². The van der Waals surface area contributed by atoms with Gasteiger partial charge in [0.25, 0.3) is 0 Å². The van der Waals surface area contributed by atoms with Crippen LogP contribution in [-0.2, 0) is 6.67 Å². The van der Waals surface area contributed by atoms with E-state index >= 15 is 0 Å². The van der Waals surface area contributed by atoms with Gasteiger partial charge in [0.2, 0.25) is 0 Å². The predicted molar refractivity (Wildman–Crippen MR) is 47.9 cm³/mol. The first kappa shape index (κ1) is 9.17. The lowest BCUT2D eigenvalue weighted by Crippen LogP contribution is -1.95. The highest BCUT2D eigenvalue weighted by atomic mass is 19.1. The molecule has 1 aromatic heterocycles. The molecule has 66 valence electrons. The summed E-state index contributed by atoms with van der Waals surface area (Å²) in [6.07, 6.45) is 1.76. The zero-order valence-corrected chi connectivity index (χ0v) is 7.76.